The number of anilines is 2. The first-order chi connectivity index (χ1) is 14.1. The van der Waals surface area contributed by atoms with Crippen LogP contribution in [0.2, 0.25) is 0 Å². The van der Waals surface area contributed by atoms with Gasteiger partial charge in [0.05, 0.1) is 25.3 Å². The molecule has 5 N–H and O–H groups in total. The van der Waals surface area contributed by atoms with E-state index in [4.69, 9.17) is 25.9 Å². The van der Waals surface area contributed by atoms with Crippen molar-refractivity contribution in [1.82, 2.24) is 9.97 Å². The molecule has 0 aliphatic heterocycles. The van der Waals surface area contributed by atoms with Crippen molar-refractivity contribution in [3.63, 3.8) is 0 Å². The van der Waals surface area contributed by atoms with E-state index in [1.165, 1.54) is 0 Å². The van der Waals surface area contributed by atoms with Gasteiger partial charge in [-0.1, -0.05) is 12.1 Å². The van der Waals surface area contributed by atoms with Crippen molar-refractivity contribution >= 4 is 44.0 Å². The third-order valence-corrected chi connectivity index (χ3v) is 5.26. The quantitative estimate of drug-likeness (QED) is 0.309. The van der Waals surface area contributed by atoms with Gasteiger partial charge in [-0.05, 0) is 53.2 Å². The molecule has 0 amide bonds. The summed E-state index contributed by atoms with van der Waals surface area (Å²) in [5.41, 5.74) is 16.3. The lowest BCUT2D eigenvalue weighted by Crippen LogP contribution is -1.91. The third kappa shape index (κ3) is 2.61. The Balaban J connectivity index is 1.87. The van der Waals surface area contributed by atoms with Crippen LogP contribution in [0.5, 0.6) is 11.5 Å². The van der Waals surface area contributed by atoms with Crippen LogP contribution < -0.4 is 20.9 Å². The summed E-state index contributed by atoms with van der Waals surface area (Å²) in [7, 11) is 3.23. The number of nitrogen functional groups attached to an aromatic ring is 2. The second-order valence-corrected chi connectivity index (χ2v) is 6.99. The minimum Gasteiger partial charge on any atom is -0.493 e. The topological polar surface area (TPSA) is 99.2 Å². The van der Waals surface area contributed by atoms with Crippen molar-refractivity contribution < 1.29 is 9.47 Å². The highest BCUT2D eigenvalue weighted by molar-refractivity contribution is 6.24. The number of benzene rings is 4. The van der Waals surface area contributed by atoms with Crippen LogP contribution in [0.15, 0.2) is 54.6 Å². The number of rotatable bonds is 3. The number of ether oxygens (including phenoxy) is 2. The number of nitrogens with zero attached hydrogens (tertiary/aromatic N) is 1. The maximum absolute atomic E-state index is 6.09. The summed E-state index contributed by atoms with van der Waals surface area (Å²) >= 11 is 0. The second-order valence-electron chi connectivity index (χ2n) is 6.99. The normalized spacial score (nSPS) is 11.4. The SMILES string of the molecule is COc1ccc(-c2nc3c4cc(N)ccc4c4ccc(N)cc4c3[nH]2)cc1OC. The summed E-state index contributed by atoms with van der Waals surface area (Å²) in [4.78, 5) is 8.39. The summed E-state index contributed by atoms with van der Waals surface area (Å²) in [6.07, 6.45) is 0. The van der Waals surface area contributed by atoms with Crippen LogP contribution in [0.1, 0.15) is 0 Å². The minimum atomic E-state index is 0.647. The zero-order valence-electron chi connectivity index (χ0n) is 16.1. The van der Waals surface area contributed by atoms with Crippen LogP contribution >= 0.6 is 0 Å². The van der Waals surface area contributed by atoms with Gasteiger partial charge < -0.3 is 25.9 Å². The maximum Gasteiger partial charge on any atom is 0.161 e. The largest absolute Gasteiger partial charge is 0.493 e. The van der Waals surface area contributed by atoms with Gasteiger partial charge in [-0.25, -0.2) is 4.98 Å². The van der Waals surface area contributed by atoms with Crippen molar-refractivity contribution in [2.45, 2.75) is 0 Å². The van der Waals surface area contributed by atoms with Gasteiger partial charge in [-0.15, -0.1) is 0 Å². The predicted octanol–water partition coefficient (Wildman–Crippen LogP) is 4.72. The summed E-state index contributed by atoms with van der Waals surface area (Å²) < 4.78 is 10.8. The molecule has 0 bridgehead atoms. The molecule has 0 saturated heterocycles. The van der Waals surface area contributed by atoms with E-state index in [1.807, 2.05) is 54.6 Å². The first kappa shape index (κ1) is 17.2. The monoisotopic (exact) mass is 384 g/mol. The number of imidazole rings is 1. The maximum atomic E-state index is 6.09. The Labute approximate surface area is 167 Å². The molecule has 5 rings (SSSR count). The summed E-state index contributed by atoms with van der Waals surface area (Å²) in [5, 5.41) is 4.22. The molecule has 1 heterocycles. The van der Waals surface area contributed by atoms with Crippen molar-refractivity contribution in [3.05, 3.63) is 54.6 Å². The number of hydrogen-bond acceptors (Lipinski definition) is 5. The van der Waals surface area contributed by atoms with Crippen LogP contribution in [0.25, 0.3) is 44.0 Å². The molecule has 0 spiro atoms. The van der Waals surface area contributed by atoms with Crippen LogP contribution in [0.3, 0.4) is 0 Å². The number of fused-ring (bicyclic) bond motifs is 6. The molecule has 0 fully saturated rings. The van der Waals surface area contributed by atoms with Gasteiger partial charge in [0.1, 0.15) is 5.82 Å². The lowest BCUT2D eigenvalue weighted by Gasteiger charge is -2.08. The van der Waals surface area contributed by atoms with E-state index in [0.717, 1.165) is 44.0 Å². The molecule has 0 atom stereocenters. The molecule has 29 heavy (non-hydrogen) atoms. The lowest BCUT2D eigenvalue weighted by molar-refractivity contribution is 0.355. The van der Waals surface area contributed by atoms with Gasteiger partial charge in [0, 0.05) is 27.7 Å². The van der Waals surface area contributed by atoms with Gasteiger partial charge in [0.25, 0.3) is 0 Å². The van der Waals surface area contributed by atoms with Gasteiger partial charge in [0.2, 0.25) is 0 Å². The Morgan fingerprint density at radius 3 is 2.07 bits per heavy atom. The third-order valence-electron chi connectivity index (χ3n) is 5.26. The summed E-state index contributed by atoms with van der Waals surface area (Å²) in [6.45, 7) is 0. The summed E-state index contributed by atoms with van der Waals surface area (Å²) in [5.74, 6) is 2.05. The first-order valence-electron chi connectivity index (χ1n) is 9.21. The van der Waals surface area contributed by atoms with Crippen molar-refractivity contribution in [2.24, 2.45) is 0 Å². The summed E-state index contributed by atoms with van der Waals surface area (Å²) in [6, 6.07) is 17.6. The van der Waals surface area contributed by atoms with E-state index in [2.05, 4.69) is 4.98 Å². The first-order valence-corrected chi connectivity index (χ1v) is 9.21. The zero-order chi connectivity index (χ0) is 20.1. The highest BCUT2D eigenvalue weighted by Crippen LogP contribution is 2.38. The van der Waals surface area contributed by atoms with Gasteiger partial charge in [-0.3, -0.25) is 0 Å². The molecule has 0 radical (unpaired) electrons. The Kier molecular flexibility index (Phi) is 3.74. The molecule has 0 saturated carbocycles. The standard InChI is InChI=1S/C23H20N4O2/c1-28-19-8-3-12(9-20(19)29-2)23-26-21-17-10-13(24)4-6-15(17)16-7-5-14(25)11-18(16)22(21)27-23/h3-11H,24-25H2,1-2H3,(H,26,27). The number of hydrogen-bond donors (Lipinski definition) is 3. The predicted molar refractivity (Wildman–Crippen MR) is 118 cm³/mol. The number of aromatic amines is 1. The fraction of sp³-hybridized carbons (Fsp3) is 0.0870. The molecular weight excluding hydrogens is 364 g/mol. The molecular formula is C23H20N4O2. The van der Waals surface area contributed by atoms with Crippen LogP contribution in [0, 0.1) is 0 Å². The van der Waals surface area contributed by atoms with Crippen molar-refractivity contribution in [1.29, 1.82) is 0 Å². The van der Waals surface area contributed by atoms with Gasteiger partial charge >= 0.3 is 0 Å². The minimum absolute atomic E-state index is 0.647. The smallest absolute Gasteiger partial charge is 0.161 e. The molecule has 0 aliphatic carbocycles. The van der Waals surface area contributed by atoms with Crippen LogP contribution in [-0.2, 0) is 0 Å². The van der Waals surface area contributed by atoms with Gasteiger partial charge in [0.15, 0.2) is 11.5 Å². The lowest BCUT2D eigenvalue weighted by atomic mass is 9.99. The Bertz CT molecular complexity index is 1330. The van der Waals surface area contributed by atoms with Crippen LogP contribution in [-0.4, -0.2) is 24.2 Å². The molecule has 0 aliphatic rings. The van der Waals surface area contributed by atoms with E-state index < -0.39 is 0 Å². The van der Waals surface area contributed by atoms with Crippen LogP contribution in [0.4, 0.5) is 11.4 Å². The van der Waals surface area contributed by atoms with Gasteiger partial charge in [-0.2, -0.15) is 0 Å². The molecule has 6 nitrogen and oxygen atoms in total. The van der Waals surface area contributed by atoms with E-state index in [1.54, 1.807) is 14.2 Å². The number of nitrogens with one attached hydrogen (secondary N) is 1. The molecule has 144 valence electrons. The average Bonchev–Trinajstić information content (AvgIpc) is 3.19. The zero-order valence-corrected chi connectivity index (χ0v) is 16.1. The van der Waals surface area contributed by atoms with Crippen molar-refractivity contribution in [2.75, 3.05) is 25.7 Å². The Morgan fingerprint density at radius 2 is 1.38 bits per heavy atom. The number of aromatic nitrogens is 2. The highest BCUT2D eigenvalue weighted by atomic mass is 16.5. The molecule has 0 unspecified atom stereocenters. The molecule has 4 aromatic carbocycles. The number of H-pyrrole nitrogens is 1. The Morgan fingerprint density at radius 1 is 0.724 bits per heavy atom. The second kappa shape index (κ2) is 6.31. The van der Waals surface area contributed by atoms with E-state index >= 15 is 0 Å². The fourth-order valence-electron chi connectivity index (χ4n) is 3.88. The van der Waals surface area contributed by atoms with Crippen molar-refractivity contribution in [3.8, 4) is 22.9 Å². The average molecular weight is 384 g/mol. The highest BCUT2D eigenvalue weighted by Gasteiger charge is 2.15. The number of methoxy groups -OCH3 is 2. The number of nitrogens with two attached hydrogens (primary N) is 2. The molecule has 6 heteroatoms. The van der Waals surface area contributed by atoms with E-state index in [0.29, 0.717) is 22.9 Å². The molecule has 1 aromatic heterocycles. The van der Waals surface area contributed by atoms with E-state index in [-0.39, 0.29) is 0 Å². The molecule has 5 aromatic rings. The van der Waals surface area contributed by atoms with E-state index in [9.17, 15) is 0 Å². The fourth-order valence-corrected chi connectivity index (χ4v) is 3.88. The Hall–Kier alpha value is -3.93.